The van der Waals surface area contributed by atoms with Gasteiger partial charge >= 0.3 is 0 Å². The Hall–Kier alpha value is -1.10. The van der Waals surface area contributed by atoms with Gasteiger partial charge in [0.1, 0.15) is 5.75 Å². The number of halogens is 1. The van der Waals surface area contributed by atoms with Crippen LogP contribution in [0.5, 0.6) is 5.75 Å². The Bertz CT molecular complexity index is 327. The molecule has 1 aromatic rings. The fourth-order valence-electron chi connectivity index (χ4n) is 0.966. The maximum Gasteiger partial charge on any atom is 0.208 e. The lowest BCUT2D eigenvalue weighted by molar-refractivity contribution is -0.479. The minimum Gasteiger partial charge on any atom is -0.508 e. The molecule has 0 aliphatic rings. The molecular formula is C8H8BrNO3. The van der Waals surface area contributed by atoms with Gasteiger partial charge in [0.25, 0.3) is 0 Å². The second kappa shape index (κ2) is 4.23. The van der Waals surface area contributed by atoms with Crippen LogP contribution in [0.1, 0.15) is 5.56 Å². The summed E-state index contributed by atoms with van der Waals surface area (Å²) in [6.07, 6.45) is 0.248. The van der Waals surface area contributed by atoms with Gasteiger partial charge in [0, 0.05) is 21.4 Å². The molecule has 0 bridgehead atoms. The summed E-state index contributed by atoms with van der Waals surface area (Å²) in [7, 11) is 0. The first-order chi connectivity index (χ1) is 6.09. The topological polar surface area (TPSA) is 63.4 Å². The molecule has 0 spiro atoms. The molecule has 1 N–H and O–H groups in total. The lowest BCUT2D eigenvalue weighted by Gasteiger charge is -2.01. The van der Waals surface area contributed by atoms with Gasteiger partial charge in [0.2, 0.25) is 6.54 Å². The van der Waals surface area contributed by atoms with Gasteiger partial charge in [0.15, 0.2) is 0 Å². The third kappa shape index (κ3) is 3.02. The highest BCUT2D eigenvalue weighted by atomic mass is 79.9. The number of phenolic OH excluding ortho intramolecular Hbond substituents is 1. The van der Waals surface area contributed by atoms with Crippen LogP contribution in [0.4, 0.5) is 0 Å². The van der Waals surface area contributed by atoms with E-state index in [1.807, 2.05) is 0 Å². The van der Waals surface area contributed by atoms with E-state index in [0.717, 1.165) is 4.47 Å². The van der Waals surface area contributed by atoms with Crippen LogP contribution in [-0.2, 0) is 6.42 Å². The highest BCUT2D eigenvalue weighted by Gasteiger charge is 2.05. The second-order valence-corrected chi connectivity index (χ2v) is 3.50. The number of aromatic hydroxyl groups is 1. The summed E-state index contributed by atoms with van der Waals surface area (Å²) in [6.45, 7) is -0.163. The van der Waals surface area contributed by atoms with E-state index in [-0.39, 0.29) is 18.7 Å². The van der Waals surface area contributed by atoms with Crippen molar-refractivity contribution < 1.29 is 10.0 Å². The molecule has 70 valence electrons. The van der Waals surface area contributed by atoms with Crippen LogP contribution in [0.15, 0.2) is 22.7 Å². The van der Waals surface area contributed by atoms with Crippen LogP contribution in [0.3, 0.4) is 0 Å². The summed E-state index contributed by atoms with van der Waals surface area (Å²) in [5, 5.41) is 19.4. The van der Waals surface area contributed by atoms with E-state index in [1.165, 1.54) is 6.07 Å². The third-order valence-corrected chi connectivity index (χ3v) is 2.10. The van der Waals surface area contributed by atoms with Crippen LogP contribution >= 0.6 is 15.9 Å². The van der Waals surface area contributed by atoms with Crippen LogP contribution in [0, 0.1) is 10.1 Å². The van der Waals surface area contributed by atoms with E-state index >= 15 is 0 Å². The number of hydrogen-bond donors (Lipinski definition) is 1. The first-order valence-corrected chi connectivity index (χ1v) is 4.48. The fourth-order valence-corrected chi connectivity index (χ4v) is 1.37. The van der Waals surface area contributed by atoms with E-state index in [0.29, 0.717) is 5.56 Å². The molecule has 0 aromatic heterocycles. The molecule has 0 aliphatic heterocycles. The molecule has 13 heavy (non-hydrogen) atoms. The minimum atomic E-state index is -0.402. The molecule has 0 radical (unpaired) electrons. The van der Waals surface area contributed by atoms with Gasteiger partial charge in [-0.3, -0.25) is 10.1 Å². The summed E-state index contributed by atoms with van der Waals surface area (Å²) in [4.78, 5) is 9.68. The van der Waals surface area contributed by atoms with Gasteiger partial charge in [-0.05, 0) is 18.2 Å². The molecule has 0 saturated heterocycles. The van der Waals surface area contributed by atoms with Gasteiger partial charge in [-0.25, -0.2) is 0 Å². The summed E-state index contributed by atoms with van der Waals surface area (Å²) in [5.41, 5.74) is 0.589. The van der Waals surface area contributed by atoms with E-state index in [1.54, 1.807) is 12.1 Å². The SMILES string of the molecule is O=[N+]([O-])CCc1cc(Br)ccc1O. The monoisotopic (exact) mass is 245 g/mol. The van der Waals surface area contributed by atoms with E-state index < -0.39 is 4.92 Å². The average Bonchev–Trinajstić information content (AvgIpc) is 2.06. The summed E-state index contributed by atoms with van der Waals surface area (Å²) < 4.78 is 0.809. The number of nitrogens with zero attached hydrogens (tertiary/aromatic N) is 1. The van der Waals surface area contributed by atoms with E-state index in [9.17, 15) is 15.2 Å². The molecule has 0 fully saturated rings. The Morgan fingerprint density at radius 3 is 2.85 bits per heavy atom. The van der Waals surface area contributed by atoms with E-state index in [2.05, 4.69) is 15.9 Å². The van der Waals surface area contributed by atoms with Crippen LogP contribution in [0.25, 0.3) is 0 Å². The predicted molar refractivity (Wildman–Crippen MR) is 51.4 cm³/mol. The summed E-state index contributed by atoms with van der Waals surface area (Å²) >= 11 is 3.22. The first-order valence-electron chi connectivity index (χ1n) is 3.69. The maximum atomic E-state index is 10.1. The second-order valence-electron chi connectivity index (χ2n) is 2.58. The van der Waals surface area contributed by atoms with Crippen molar-refractivity contribution in [3.8, 4) is 5.75 Å². The molecule has 4 nitrogen and oxygen atoms in total. The highest BCUT2D eigenvalue weighted by molar-refractivity contribution is 9.10. The molecule has 0 heterocycles. The van der Waals surface area contributed by atoms with Crippen molar-refractivity contribution in [1.82, 2.24) is 0 Å². The molecule has 1 rings (SSSR count). The third-order valence-electron chi connectivity index (χ3n) is 1.61. The Morgan fingerprint density at radius 2 is 2.23 bits per heavy atom. The molecule has 0 unspecified atom stereocenters. The maximum absolute atomic E-state index is 10.1. The summed E-state index contributed by atoms with van der Waals surface area (Å²) in [6, 6.07) is 4.88. The number of nitro groups is 1. The van der Waals surface area contributed by atoms with Crippen molar-refractivity contribution >= 4 is 15.9 Å². The molecule has 0 amide bonds. The average molecular weight is 246 g/mol. The normalized spacial score (nSPS) is 9.92. The lowest BCUT2D eigenvalue weighted by atomic mass is 10.1. The quantitative estimate of drug-likeness (QED) is 0.655. The standard InChI is InChI=1S/C8H8BrNO3/c9-7-1-2-8(11)6(5-7)3-4-10(12)13/h1-2,5,11H,3-4H2. The predicted octanol–water partition coefficient (Wildman–Crippen LogP) is 1.97. The van der Waals surface area contributed by atoms with Crippen molar-refractivity contribution in [1.29, 1.82) is 0 Å². The smallest absolute Gasteiger partial charge is 0.208 e. The zero-order valence-corrected chi connectivity index (χ0v) is 8.32. The Morgan fingerprint density at radius 1 is 1.54 bits per heavy atom. The fraction of sp³-hybridized carbons (Fsp3) is 0.250. The van der Waals surface area contributed by atoms with Crippen molar-refractivity contribution in [2.75, 3.05) is 6.54 Å². The van der Waals surface area contributed by atoms with Crippen molar-refractivity contribution in [3.05, 3.63) is 38.3 Å². The van der Waals surface area contributed by atoms with Gasteiger partial charge in [-0.15, -0.1) is 0 Å². The summed E-state index contributed by atoms with van der Waals surface area (Å²) in [5.74, 6) is 0.102. The number of hydrogen-bond acceptors (Lipinski definition) is 3. The Kier molecular flexibility index (Phi) is 3.25. The lowest BCUT2D eigenvalue weighted by Crippen LogP contribution is -2.03. The zero-order valence-electron chi connectivity index (χ0n) is 6.74. The Balaban J connectivity index is 2.75. The van der Waals surface area contributed by atoms with Crippen LogP contribution in [0.2, 0.25) is 0 Å². The number of phenols is 1. The molecule has 1 aromatic carbocycles. The molecule has 0 atom stereocenters. The van der Waals surface area contributed by atoms with E-state index in [4.69, 9.17) is 0 Å². The van der Waals surface area contributed by atoms with Crippen LogP contribution < -0.4 is 0 Å². The van der Waals surface area contributed by atoms with Crippen LogP contribution in [-0.4, -0.2) is 16.6 Å². The van der Waals surface area contributed by atoms with Gasteiger partial charge in [-0.2, -0.15) is 0 Å². The first kappa shape index (κ1) is 9.98. The minimum absolute atomic E-state index is 0.102. The molecular weight excluding hydrogens is 238 g/mol. The van der Waals surface area contributed by atoms with Crippen molar-refractivity contribution in [2.45, 2.75) is 6.42 Å². The number of benzene rings is 1. The number of rotatable bonds is 3. The van der Waals surface area contributed by atoms with Crippen molar-refractivity contribution in [3.63, 3.8) is 0 Å². The molecule has 0 aliphatic carbocycles. The van der Waals surface area contributed by atoms with Gasteiger partial charge < -0.3 is 5.11 Å². The zero-order chi connectivity index (χ0) is 9.84. The largest absolute Gasteiger partial charge is 0.508 e. The molecule has 5 heteroatoms. The molecule has 0 saturated carbocycles. The van der Waals surface area contributed by atoms with Crippen molar-refractivity contribution in [2.24, 2.45) is 0 Å². The Labute approximate surface area is 83.5 Å². The van der Waals surface area contributed by atoms with Gasteiger partial charge in [0.05, 0.1) is 0 Å². The van der Waals surface area contributed by atoms with Gasteiger partial charge in [-0.1, -0.05) is 15.9 Å². The highest BCUT2D eigenvalue weighted by Crippen LogP contribution is 2.21.